The van der Waals surface area contributed by atoms with Crippen LogP contribution in [-0.4, -0.2) is 43.5 Å². The SMILES string of the molecule is CCN(CC)S(=O)(=O)c1ccc(Oc2ccc(F)cc2)c(NC(=O)COc2cc(C)on2)c1. The lowest BCUT2D eigenvalue weighted by molar-refractivity contribution is -0.118. The van der Waals surface area contributed by atoms with Crippen LogP contribution in [0.15, 0.2) is 57.9 Å². The van der Waals surface area contributed by atoms with Crippen LogP contribution in [-0.2, 0) is 14.8 Å². The molecule has 0 saturated carbocycles. The summed E-state index contributed by atoms with van der Waals surface area (Å²) in [4.78, 5) is 12.5. The van der Waals surface area contributed by atoms with E-state index >= 15 is 0 Å². The summed E-state index contributed by atoms with van der Waals surface area (Å²) in [6, 6.07) is 10.9. The fourth-order valence-electron chi connectivity index (χ4n) is 2.94. The predicted octanol–water partition coefficient (Wildman–Crippen LogP) is 3.96. The van der Waals surface area contributed by atoms with E-state index in [0.29, 0.717) is 24.6 Å². The third-order valence-electron chi connectivity index (χ3n) is 4.57. The molecule has 176 valence electrons. The van der Waals surface area contributed by atoms with Gasteiger partial charge in [-0.3, -0.25) is 4.79 Å². The summed E-state index contributed by atoms with van der Waals surface area (Å²) in [6.45, 7) is 5.34. The lowest BCUT2D eigenvalue weighted by atomic mass is 10.2. The molecule has 2 aromatic carbocycles. The van der Waals surface area contributed by atoms with Crippen LogP contribution in [0.25, 0.3) is 0 Å². The Balaban J connectivity index is 1.88. The van der Waals surface area contributed by atoms with Gasteiger partial charge in [0.1, 0.15) is 17.3 Å². The Bertz CT molecular complexity index is 1210. The Hall–Kier alpha value is -3.44. The van der Waals surface area contributed by atoms with Crippen molar-refractivity contribution in [2.45, 2.75) is 25.7 Å². The predicted molar refractivity (Wildman–Crippen MR) is 118 cm³/mol. The highest BCUT2D eigenvalue weighted by atomic mass is 32.2. The van der Waals surface area contributed by atoms with Gasteiger partial charge in [0, 0.05) is 19.2 Å². The number of carbonyl (C=O) groups is 1. The number of rotatable bonds is 10. The number of sulfonamides is 1. The van der Waals surface area contributed by atoms with E-state index in [1.807, 2.05) is 0 Å². The number of hydrogen-bond acceptors (Lipinski definition) is 7. The molecule has 0 atom stereocenters. The van der Waals surface area contributed by atoms with Gasteiger partial charge in [-0.25, -0.2) is 12.8 Å². The Morgan fingerprint density at radius 3 is 2.42 bits per heavy atom. The lowest BCUT2D eigenvalue weighted by Gasteiger charge is -2.20. The molecule has 1 amide bonds. The number of benzene rings is 2. The van der Waals surface area contributed by atoms with Crippen LogP contribution in [0.4, 0.5) is 10.1 Å². The van der Waals surface area contributed by atoms with Crippen molar-refractivity contribution >= 4 is 21.6 Å². The summed E-state index contributed by atoms with van der Waals surface area (Å²) in [5.74, 6) is 0.137. The number of anilines is 1. The summed E-state index contributed by atoms with van der Waals surface area (Å²) < 4.78 is 56.3. The third-order valence-corrected chi connectivity index (χ3v) is 6.61. The van der Waals surface area contributed by atoms with Crippen LogP contribution in [0.5, 0.6) is 17.4 Å². The molecule has 0 fully saturated rings. The highest BCUT2D eigenvalue weighted by Crippen LogP contribution is 2.33. The molecule has 0 aliphatic heterocycles. The van der Waals surface area contributed by atoms with Crippen molar-refractivity contribution in [3.8, 4) is 17.4 Å². The molecule has 0 aliphatic rings. The van der Waals surface area contributed by atoms with Gasteiger partial charge >= 0.3 is 0 Å². The Morgan fingerprint density at radius 2 is 1.82 bits per heavy atom. The smallest absolute Gasteiger partial charge is 0.262 e. The summed E-state index contributed by atoms with van der Waals surface area (Å²) >= 11 is 0. The average Bonchev–Trinajstić information content (AvgIpc) is 3.20. The molecule has 0 saturated heterocycles. The minimum absolute atomic E-state index is 0.0130. The quantitative estimate of drug-likeness (QED) is 0.470. The van der Waals surface area contributed by atoms with E-state index in [-0.39, 0.29) is 22.2 Å². The second-order valence-corrected chi connectivity index (χ2v) is 8.85. The van der Waals surface area contributed by atoms with Crippen molar-refractivity contribution in [2.75, 3.05) is 25.0 Å². The number of carbonyl (C=O) groups excluding carboxylic acids is 1. The monoisotopic (exact) mass is 477 g/mol. The van der Waals surface area contributed by atoms with Gasteiger partial charge in [-0.15, -0.1) is 0 Å². The number of hydrogen-bond donors (Lipinski definition) is 1. The van der Waals surface area contributed by atoms with Gasteiger partial charge < -0.3 is 19.3 Å². The van der Waals surface area contributed by atoms with E-state index in [0.717, 1.165) is 0 Å². The van der Waals surface area contributed by atoms with Crippen molar-refractivity contribution < 1.29 is 31.6 Å². The van der Waals surface area contributed by atoms with Gasteiger partial charge in [-0.2, -0.15) is 4.31 Å². The Kier molecular flexibility index (Phi) is 7.67. The van der Waals surface area contributed by atoms with Crippen LogP contribution in [0.2, 0.25) is 0 Å². The molecule has 11 heteroatoms. The van der Waals surface area contributed by atoms with Gasteiger partial charge in [0.05, 0.1) is 10.6 Å². The molecule has 0 bridgehead atoms. The van der Waals surface area contributed by atoms with Crippen molar-refractivity contribution in [1.82, 2.24) is 9.46 Å². The van der Waals surface area contributed by atoms with Crippen molar-refractivity contribution in [3.05, 3.63) is 60.1 Å². The second kappa shape index (κ2) is 10.5. The molecule has 0 aliphatic carbocycles. The van der Waals surface area contributed by atoms with Crippen molar-refractivity contribution in [1.29, 1.82) is 0 Å². The minimum Gasteiger partial charge on any atom is -0.465 e. The first-order valence-electron chi connectivity index (χ1n) is 10.2. The standard InChI is InChI=1S/C22H24FN3O6S/c1-4-26(5-2)33(28,29)18-10-11-20(31-17-8-6-16(23)7-9-17)19(13-18)24-21(27)14-30-22-12-15(3)32-25-22/h6-13H,4-5,14H2,1-3H3,(H,24,27). The molecule has 1 heterocycles. The van der Waals surface area contributed by atoms with Crippen LogP contribution < -0.4 is 14.8 Å². The average molecular weight is 478 g/mol. The molecular weight excluding hydrogens is 453 g/mol. The second-order valence-electron chi connectivity index (χ2n) is 6.92. The number of amides is 1. The van der Waals surface area contributed by atoms with Crippen LogP contribution in [0.3, 0.4) is 0 Å². The first kappa shape index (κ1) is 24.2. The molecule has 0 spiro atoms. The van der Waals surface area contributed by atoms with E-state index in [4.69, 9.17) is 14.0 Å². The van der Waals surface area contributed by atoms with E-state index in [1.165, 1.54) is 52.8 Å². The highest BCUT2D eigenvalue weighted by molar-refractivity contribution is 7.89. The normalized spacial score (nSPS) is 11.4. The molecule has 3 rings (SSSR count). The fraction of sp³-hybridized carbons (Fsp3) is 0.273. The first-order valence-corrected chi connectivity index (χ1v) is 11.6. The maximum absolute atomic E-state index is 13.2. The van der Waals surface area contributed by atoms with Gasteiger partial charge in [0.25, 0.3) is 11.8 Å². The summed E-state index contributed by atoms with van der Waals surface area (Å²) in [5, 5.41) is 6.24. The summed E-state index contributed by atoms with van der Waals surface area (Å²) in [7, 11) is -3.78. The summed E-state index contributed by atoms with van der Waals surface area (Å²) in [5.41, 5.74) is 0.109. The maximum Gasteiger partial charge on any atom is 0.262 e. The van der Waals surface area contributed by atoms with E-state index in [2.05, 4.69) is 10.5 Å². The zero-order valence-electron chi connectivity index (χ0n) is 18.4. The minimum atomic E-state index is -3.78. The molecular formula is C22H24FN3O6S. The number of nitrogens with zero attached hydrogens (tertiary/aromatic N) is 2. The zero-order valence-corrected chi connectivity index (χ0v) is 19.2. The number of aromatic nitrogens is 1. The number of halogens is 1. The topological polar surface area (TPSA) is 111 Å². The van der Waals surface area contributed by atoms with Gasteiger partial charge in [0.2, 0.25) is 10.0 Å². The molecule has 0 radical (unpaired) electrons. The molecule has 1 aromatic heterocycles. The highest BCUT2D eigenvalue weighted by Gasteiger charge is 2.23. The van der Waals surface area contributed by atoms with E-state index < -0.39 is 28.4 Å². The molecule has 33 heavy (non-hydrogen) atoms. The largest absolute Gasteiger partial charge is 0.465 e. The van der Waals surface area contributed by atoms with Gasteiger partial charge in [-0.05, 0) is 54.5 Å². The van der Waals surface area contributed by atoms with Crippen LogP contribution in [0, 0.1) is 12.7 Å². The van der Waals surface area contributed by atoms with Gasteiger partial charge in [0.15, 0.2) is 12.4 Å². The van der Waals surface area contributed by atoms with Crippen molar-refractivity contribution in [3.63, 3.8) is 0 Å². The molecule has 3 aromatic rings. The Labute approximate surface area is 191 Å². The zero-order chi connectivity index (χ0) is 24.0. The number of ether oxygens (including phenoxy) is 2. The van der Waals surface area contributed by atoms with E-state index in [1.54, 1.807) is 20.8 Å². The molecule has 9 nitrogen and oxygen atoms in total. The van der Waals surface area contributed by atoms with Crippen molar-refractivity contribution in [2.24, 2.45) is 0 Å². The number of nitrogens with one attached hydrogen (secondary N) is 1. The molecule has 0 unspecified atom stereocenters. The summed E-state index contributed by atoms with van der Waals surface area (Å²) in [6.07, 6.45) is 0. The van der Waals surface area contributed by atoms with Crippen LogP contribution >= 0.6 is 0 Å². The first-order chi connectivity index (χ1) is 15.7. The fourth-order valence-corrected chi connectivity index (χ4v) is 4.42. The van der Waals surface area contributed by atoms with Crippen LogP contribution in [0.1, 0.15) is 19.6 Å². The number of aryl methyl sites for hydroxylation is 1. The van der Waals surface area contributed by atoms with Gasteiger partial charge in [-0.1, -0.05) is 13.8 Å². The third kappa shape index (κ3) is 6.08. The molecule has 1 N–H and O–H groups in total. The lowest BCUT2D eigenvalue weighted by Crippen LogP contribution is -2.30. The maximum atomic E-state index is 13.2. The Morgan fingerprint density at radius 1 is 1.12 bits per heavy atom. The van der Waals surface area contributed by atoms with E-state index in [9.17, 15) is 17.6 Å².